The molecule has 0 amide bonds. The first-order valence-corrected chi connectivity index (χ1v) is 12.4. The molecule has 0 radical (unpaired) electrons. The minimum atomic E-state index is 0.0190. The maximum Gasteiger partial charge on any atom is 0.221 e. The number of ether oxygens (including phenoxy) is 1. The van der Waals surface area contributed by atoms with E-state index in [2.05, 4.69) is 63.5 Å². The first-order chi connectivity index (χ1) is 16.7. The number of nitrogens with one attached hydrogen (secondary N) is 1. The second-order valence-corrected chi connectivity index (χ2v) is 9.99. The standard InChI is InChI=1S/C26H24BrClN4O2S/c1-14-5-6-15(2)17(9-14)13-32-22-8-7-18(27)11-19(22)24(25(32)33)30-31-26(35)29-21-10-16(3)20(28)12-23(21)34-4/h5-12,33H,13H2,1-4H3,(H,29,35). The third-order valence-corrected chi connectivity index (χ3v) is 6.85. The highest BCUT2D eigenvalue weighted by atomic mass is 79.9. The molecule has 0 saturated carbocycles. The van der Waals surface area contributed by atoms with Crippen molar-refractivity contribution in [2.24, 2.45) is 10.2 Å². The molecule has 0 spiro atoms. The van der Waals surface area contributed by atoms with Crippen LogP contribution >= 0.6 is 39.7 Å². The summed E-state index contributed by atoms with van der Waals surface area (Å²) in [5.41, 5.74) is 6.10. The summed E-state index contributed by atoms with van der Waals surface area (Å²) in [4.78, 5) is 0. The number of azo groups is 1. The number of halogens is 2. The summed E-state index contributed by atoms with van der Waals surface area (Å²) in [6.45, 7) is 6.50. The summed E-state index contributed by atoms with van der Waals surface area (Å²) >= 11 is 15.1. The molecule has 1 aromatic heterocycles. The fraction of sp³-hybridized carbons (Fsp3) is 0.192. The first kappa shape index (κ1) is 25.2. The molecular weight excluding hydrogens is 548 g/mol. The minimum absolute atomic E-state index is 0.0190. The van der Waals surface area contributed by atoms with Crippen molar-refractivity contribution < 1.29 is 9.84 Å². The van der Waals surface area contributed by atoms with Crippen molar-refractivity contribution in [3.05, 3.63) is 80.3 Å². The van der Waals surface area contributed by atoms with Gasteiger partial charge in [-0.2, -0.15) is 0 Å². The molecule has 0 bridgehead atoms. The average Bonchev–Trinajstić information content (AvgIpc) is 3.07. The number of aryl methyl sites for hydroxylation is 3. The molecule has 1 heterocycles. The van der Waals surface area contributed by atoms with Crippen LogP contribution in [0.15, 0.2) is 63.2 Å². The van der Waals surface area contributed by atoms with E-state index < -0.39 is 0 Å². The second-order valence-electron chi connectivity index (χ2n) is 8.28. The van der Waals surface area contributed by atoms with Crippen LogP contribution in [-0.4, -0.2) is 21.9 Å². The number of aromatic nitrogens is 1. The molecule has 0 atom stereocenters. The van der Waals surface area contributed by atoms with Crippen molar-refractivity contribution in [2.45, 2.75) is 27.3 Å². The zero-order valence-corrected chi connectivity index (χ0v) is 22.8. The molecule has 4 rings (SSSR count). The van der Waals surface area contributed by atoms with E-state index in [1.165, 1.54) is 0 Å². The van der Waals surface area contributed by atoms with Crippen LogP contribution in [0.5, 0.6) is 11.6 Å². The van der Waals surface area contributed by atoms with Crippen molar-refractivity contribution in [1.82, 2.24) is 4.57 Å². The summed E-state index contributed by atoms with van der Waals surface area (Å²) in [7, 11) is 1.55. The molecule has 3 aromatic carbocycles. The van der Waals surface area contributed by atoms with Crippen LogP contribution < -0.4 is 10.1 Å². The van der Waals surface area contributed by atoms with E-state index in [1.807, 2.05) is 35.8 Å². The number of thiocarbonyl (C=S) groups is 1. The average molecular weight is 572 g/mol. The SMILES string of the molecule is COc1cc(Cl)c(C)cc1NC(=S)N=Nc1c(O)n(Cc2cc(C)ccc2C)c2ccc(Br)cc12. The largest absolute Gasteiger partial charge is 0.495 e. The predicted octanol–water partition coefficient (Wildman–Crippen LogP) is 8.23. The lowest BCUT2D eigenvalue weighted by molar-refractivity contribution is 0.417. The number of fused-ring (bicyclic) bond motifs is 1. The van der Waals surface area contributed by atoms with Crippen LogP contribution in [0.25, 0.3) is 10.9 Å². The number of rotatable bonds is 5. The number of nitrogens with zero attached hydrogens (tertiary/aromatic N) is 3. The van der Waals surface area contributed by atoms with Crippen LogP contribution in [0.1, 0.15) is 22.3 Å². The van der Waals surface area contributed by atoms with Gasteiger partial charge in [-0.3, -0.25) is 0 Å². The quantitative estimate of drug-likeness (QED) is 0.187. The molecule has 0 saturated heterocycles. The highest BCUT2D eigenvalue weighted by Crippen LogP contribution is 2.41. The molecule has 6 nitrogen and oxygen atoms in total. The van der Waals surface area contributed by atoms with E-state index in [0.29, 0.717) is 28.7 Å². The number of benzene rings is 3. The van der Waals surface area contributed by atoms with Gasteiger partial charge in [-0.1, -0.05) is 51.3 Å². The molecule has 0 fully saturated rings. The maximum absolute atomic E-state index is 11.2. The molecule has 0 aliphatic heterocycles. The fourth-order valence-corrected chi connectivity index (χ4v) is 4.53. The van der Waals surface area contributed by atoms with Gasteiger partial charge in [0.25, 0.3) is 0 Å². The van der Waals surface area contributed by atoms with Crippen LogP contribution in [0, 0.1) is 20.8 Å². The summed E-state index contributed by atoms with van der Waals surface area (Å²) in [6.07, 6.45) is 0. The molecule has 0 unspecified atom stereocenters. The Morgan fingerprint density at radius 3 is 2.63 bits per heavy atom. The van der Waals surface area contributed by atoms with Crippen LogP contribution in [0.2, 0.25) is 5.02 Å². The van der Waals surface area contributed by atoms with Gasteiger partial charge in [-0.05, 0) is 73.9 Å². The van der Waals surface area contributed by atoms with E-state index >= 15 is 0 Å². The van der Waals surface area contributed by atoms with E-state index in [4.69, 9.17) is 28.6 Å². The van der Waals surface area contributed by atoms with Gasteiger partial charge in [0.1, 0.15) is 5.75 Å². The lowest BCUT2D eigenvalue weighted by atomic mass is 10.1. The van der Waals surface area contributed by atoms with Crippen molar-refractivity contribution in [2.75, 3.05) is 12.4 Å². The molecule has 9 heteroatoms. The van der Waals surface area contributed by atoms with Crippen LogP contribution in [-0.2, 0) is 6.54 Å². The van der Waals surface area contributed by atoms with Gasteiger partial charge in [0, 0.05) is 20.9 Å². The number of aromatic hydroxyl groups is 1. The van der Waals surface area contributed by atoms with Gasteiger partial charge < -0.3 is 19.7 Å². The molecule has 4 aromatic rings. The molecule has 180 valence electrons. The van der Waals surface area contributed by atoms with Crippen molar-refractivity contribution in [1.29, 1.82) is 0 Å². The Labute approximate surface area is 222 Å². The summed E-state index contributed by atoms with van der Waals surface area (Å²) in [5.74, 6) is 0.556. The van der Waals surface area contributed by atoms with Gasteiger partial charge in [-0.15, -0.1) is 10.2 Å². The highest BCUT2D eigenvalue weighted by Gasteiger charge is 2.18. The van der Waals surface area contributed by atoms with E-state index in [0.717, 1.165) is 37.6 Å². The lowest BCUT2D eigenvalue weighted by Crippen LogP contribution is -2.07. The third-order valence-electron chi connectivity index (χ3n) is 5.77. The normalized spacial score (nSPS) is 11.4. The smallest absolute Gasteiger partial charge is 0.221 e. The third kappa shape index (κ3) is 5.34. The Morgan fingerprint density at radius 1 is 1.11 bits per heavy atom. The maximum atomic E-state index is 11.2. The fourth-order valence-electron chi connectivity index (χ4n) is 3.86. The second kappa shape index (κ2) is 10.4. The Bertz CT molecular complexity index is 1480. The Kier molecular flexibility index (Phi) is 7.44. The first-order valence-electron chi connectivity index (χ1n) is 10.8. The highest BCUT2D eigenvalue weighted by molar-refractivity contribution is 9.10. The Balaban J connectivity index is 1.70. The van der Waals surface area contributed by atoms with Gasteiger partial charge in [-0.25, -0.2) is 0 Å². The van der Waals surface area contributed by atoms with E-state index in [9.17, 15) is 5.11 Å². The van der Waals surface area contributed by atoms with Gasteiger partial charge in [0.15, 0.2) is 5.69 Å². The number of hydrogen-bond acceptors (Lipinski definition) is 4. The predicted molar refractivity (Wildman–Crippen MR) is 150 cm³/mol. The van der Waals surface area contributed by atoms with Crippen molar-refractivity contribution in [3.63, 3.8) is 0 Å². The number of methoxy groups -OCH3 is 1. The molecule has 0 aliphatic rings. The number of anilines is 1. The Morgan fingerprint density at radius 2 is 1.89 bits per heavy atom. The van der Waals surface area contributed by atoms with Crippen LogP contribution in [0.4, 0.5) is 11.4 Å². The monoisotopic (exact) mass is 570 g/mol. The lowest BCUT2D eigenvalue weighted by Gasteiger charge is -2.11. The topological polar surface area (TPSA) is 71.1 Å². The molecule has 0 aliphatic carbocycles. The van der Waals surface area contributed by atoms with Gasteiger partial charge in [0.2, 0.25) is 11.0 Å². The van der Waals surface area contributed by atoms with E-state index in [-0.39, 0.29) is 11.0 Å². The van der Waals surface area contributed by atoms with Gasteiger partial charge in [0.05, 0.1) is 24.9 Å². The summed E-state index contributed by atoms with van der Waals surface area (Å²) in [6, 6.07) is 15.6. The zero-order chi connectivity index (χ0) is 25.3. The number of hydrogen-bond donors (Lipinski definition) is 2. The van der Waals surface area contributed by atoms with Crippen LogP contribution in [0.3, 0.4) is 0 Å². The Hall–Kier alpha value is -2.94. The van der Waals surface area contributed by atoms with E-state index in [1.54, 1.807) is 13.2 Å². The zero-order valence-electron chi connectivity index (χ0n) is 19.7. The molecule has 35 heavy (non-hydrogen) atoms. The van der Waals surface area contributed by atoms with Crippen molar-refractivity contribution >= 4 is 67.1 Å². The summed E-state index contributed by atoms with van der Waals surface area (Å²) in [5, 5.41) is 24.2. The van der Waals surface area contributed by atoms with Crippen molar-refractivity contribution in [3.8, 4) is 11.6 Å². The summed E-state index contributed by atoms with van der Waals surface area (Å²) < 4.78 is 8.09. The molecule has 2 N–H and O–H groups in total. The minimum Gasteiger partial charge on any atom is -0.495 e. The van der Waals surface area contributed by atoms with Gasteiger partial charge >= 0.3 is 0 Å². The molecular formula is C26H24BrClN4O2S.